The minimum atomic E-state index is -4.53. The first-order chi connectivity index (χ1) is 14.5. The lowest BCUT2D eigenvalue weighted by molar-refractivity contribution is -0.137. The molecule has 3 rings (SSSR count). The maximum absolute atomic E-state index is 12.8. The lowest BCUT2D eigenvalue weighted by Crippen LogP contribution is -2.42. The van der Waals surface area contributed by atoms with Gasteiger partial charge in [-0.25, -0.2) is 4.79 Å². The highest BCUT2D eigenvalue weighted by atomic mass is 19.4. The molecule has 4 amide bonds. The van der Waals surface area contributed by atoms with Crippen LogP contribution in [0.5, 0.6) is 0 Å². The number of nitrogens with two attached hydrogens (primary N) is 1. The molecule has 2 aromatic carbocycles. The van der Waals surface area contributed by atoms with E-state index in [9.17, 15) is 27.6 Å². The Kier molecular flexibility index (Phi) is 5.81. The normalized spacial score (nSPS) is 12.3. The number of alkyl halides is 3. The summed E-state index contributed by atoms with van der Waals surface area (Å²) in [4.78, 5) is 35.5. The number of hydrogen-bond donors (Lipinski definition) is 5. The molecule has 0 unspecified atom stereocenters. The molecule has 0 aliphatic heterocycles. The third kappa shape index (κ3) is 5.10. The van der Waals surface area contributed by atoms with Gasteiger partial charge in [0.05, 0.1) is 11.1 Å². The molecule has 162 valence electrons. The van der Waals surface area contributed by atoms with Crippen LogP contribution in [0.15, 0.2) is 42.5 Å². The van der Waals surface area contributed by atoms with Crippen molar-refractivity contribution < 1.29 is 27.6 Å². The summed E-state index contributed by atoms with van der Waals surface area (Å²) in [7, 11) is 0. The van der Waals surface area contributed by atoms with Crippen molar-refractivity contribution in [1.82, 2.24) is 15.5 Å². The molecule has 1 atom stereocenters. The molecular formula is C19H17F3N6O3. The first-order valence-electron chi connectivity index (χ1n) is 8.88. The molecule has 12 heteroatoms. The van der Waals surface area contributed by atoms with Crippen molar-refractivity contribution in [2.45, 2.75) is 19.1 Å². The second-order valence-electron chi connectivity index (χ2n) is 6.59. The van der Waals surface area contributed by atoms with Crippen molar-refractivity contribution in [2.24, 2.45) is 5.73 Å². The maximum Gasteiger partial charge on any atom is 0.416 e. The van der Waals surface area contributed by atoms with Crippen molar-refractivity contribution in [1.29, 1.82) is 0 Å². The summed E-state index contributed by atoms with van der Waals surface area (Å²) in [6.45, 7) is 1.43. The van der Waals surface area contributed by atoms with Gasteiger partial charge < -0.3 is 21.7 Å². The van der Waals surface area contributed by atoms with E-state index in [0.29, 0.717) is 16.6 Å². The molecule has 0 aliphatic rings. The van der Waals surface area contributed by atoms with Crippen molar-refractivity contribution in [3.8, 4) is 0 Å². The predicted octanol–water partition coefficient (Wildman–Crippen LogP) is 2.83. The Morgan fingerprint density at radius 3 is 2.39 bits per heavy atom. The first kappa shape index (κ1) is 21.6. The van der Waals surface area contributed by atoms with Crippen LogP contribution < -0.4 is 21.7 Å². The molecule has 0 bridgehead atoms. The van der Waals surface area contributed by atoms with Gasteiger partial charge in [-0.2, -0.15) is 18.3 Å². The Bertz CT molecular complexity index is 1160. The van der Waals surface area contributed by atoms with Gasteiger partial charge in [-0.05, 0) is 43.3 Å². The SMILES string of the molecule is C[C@H](NC(=O)c1n[nH]c2cc(NC(=O)Nc3cccc(C(F)(F)F)c3)ccc12)C(N)=O. The number of hydrogen-bond acceptors (Lipinski definition) is 4. The largest absolute Gasteiger partial charge is 0.416 e. The van der Waals surface area contributed by atoms with Crippen molar-refractivity contribution in [2.75, 3.05) is 10.6 Å². The van der Waals surface area contributed by atoms with E-state index in [1.165, 1.54) is 37.3 Å². The van der Waals surface area contributed by atoms with Gasteiger partial charge in [0, 0.05) is 16.8 Å². The van der Waals surface area contributed by atoms with Crippen LogP contribution in [0.25, 0.3) is 10.9 Å². The molecule has 6 N–H and O–H groups in total. The zero-order valence-electron chi connectivity index (χ0n) is 16.0. The standard InChI is InChI=1S/C19H17F3N6O3/c1-9(16(23)29)24-17(30)15-13-6-5-12(8-14(13)27-28-15)26-18(31)25-11-4-2-3-10(7-11)19(20,21)22/h2-9H,1H3,(H2,23,29)(H,24,30)(H,27,28)(H2,25,26,31)/t9-/m0/s1. The zero-order valence-corrected chi connectivity index (χ0v) is 16.0. The van der Waals surface area contributed by atoms with E-state index in [1.54, 1.807) is 0 Å². The van der Waals surface area contributed by atoms with Crippen LogP contribution in [0, 0.1) is 0 Å². The third-order valence-corrected chi connectivity index (χ3v) is 4.26. The molecule has 1 aromatic heterocycles. The number of primary amides is 1. The Labute approximate surface area is 173 Å². The van der Waals surface area contributed by atoms with Crippen molar-refractivity contribution in [3.05, 3.63) is 53.7 Å². The number of fused-ring (bicyclic) bond motifs is 1. The van der Waals surface area contributed by atoms with Crippen LogP contribution in [0.1, 0.15) is 23.0 Å². The van der Waals surface area contributed by atoms with Gasteiger partial charge in [0.2, 0.25) is 5.91 Å². The highest BCUT2D eigenvalue weighted by Crippen LogP contribution is 2.30. The Morgan fingerprint density at radius 1 is 1.06 bits per heavy atom. The van der Waals surface area contributed by atoms with E-state index in [1.807, 2.05) is 0 Å². The van der Waals surface area contributed by atoms with E-state index in [0.717, 1.165) is 12.1 Å². The number of carbonyl (C=O) groups is 3. The van der Waals surface area contributed by atoms with Crippen molar-refractivity contribution in [3.63, 3.8) is 0 Å². The number of nitrogens with one attached hydrogen (secondary N) is 4. The molecule has 0 spiro atoms. The Hall–Kier alpha value is -4.09. The second kappa shape index (κ2) is 8.34. The summed E-state index contributed by atoms with van der Waals surface area (Å²) in [6.07, 6.45) is -4.53. The van der Waals surface area contributed by atoms with Crippen molar-refractivity contribution >= 4 is 40.1 Å². The maximum atomic E-state index is 12.8. The van der Waals surface area contributed by atoms with Gasteiger partial charge in [-0.3, -0.25) is 14.7 Å². The Morgan fingerprint density at radius 2 is 1.74 bits per heavy atom. The van der Waals surface area contributed by atoms with Gasteiger partial charge in [-0.15, -0.1) is 0 Å². The fourth-order valence-corrected chi connectivity index (χ4v) is 2.67. The van der Waals surface area contributed by atoms with Crippen LogP contribution in [0.3, 0.4) is 0 Å². The number of carbonyl (C=O) groups excluding carboxylic acids is 3. The third-order valence-electron chi connectivity index (χ3n) is 4.26. The lowest BCUT2D eigenvalue weighted by atomic mass is 10.1. The van der Waals surface area contributed by atoms with Gasteiger partial charge in [0.1, 0.15) is 6.04 Å². The summed E-state index contributed by atoms with van der Waals surface area (Å²) in [5.74, 6) is -1.31. The molecule has 0 saturated heterocycles. The van der Waals surface area contributed by atoms with E-state index in [2.05, 4.69) is 26.1 Å². The molecule has 9 nitrogen and oxygen atoms in total. The number of urea groups is 1. The lowest BCUT2D eigenvalue weighted by Gasteiger charge is -2.11. The molecule has 0 aliphatic carbocycles. The minimum absolute atomic E-state index is 0.0301. The summed E-state index contributed by atoms with van der Waals surface area (Å²) >= 11 is 0. The number of benzene rings is 2. The van der Waals surface area contributed by atoms with Crippen LogP contribution in [0.2, 0.25) is 0 Å². The predicted molar refractivity (Wildman–Crippen MR) is 106 cm³/mol. The van der Waals surface area contributed by atoms with Crippen LogP contribution in [-0.2, 0) is 11.0 Å². The molecule has 31 heavy (non-hydrogen) atoms. The topological polar surface area (TPSA) is 142 Å². The van der Waals surface area contributed by atoms with Crippen LogP contribution >= 0.6 is 0 Å². The van der Waals surface area contributed by atoms with Gasteiger partial charge >= 0.3 is 12.2 Å². The van der Waals surface area contributed by atoms with E-state index < -0.39 is 35.6 Å². The van der Waals surface area contributed by atoms with Gasteiger partial charge in [0.25, 0.3) is 5.91 Å². The number of H-pyrrole nitrogens is 1. The van der Waals surface area contributed by atoms with Crippen LogP contribution in [-0.4, -0.2) is 34.1 Å². The summed E-state index contributed by atoms with van der Waals surface area (Å²) < 4.78 is 38.3. The average Bonchev–Trinajstić information content (AvgIpc) is 3.10. The molecule has 0 fully saturated rings. The first-order valence-corrected chi connectivity index (χ1v) is 8.88. The summed E-state index contributed by atoms with van der Waals surface area (Å²) in [5, 5.41) is 14.2. The average molecular weight is 434 g/mol. The number of nitrogens with zero attached hydrogens (tertiary/aromatic N) is 1. The smallest absolute Gasteiger partial charge is 0.368 e. The van der Waals surface area contributed by atoms with Gasteiger partial charge in [0.15, 0.2) is 5.69 Å². The van der Waals surface area contributed by atoms with E-state index in [-0.39, 0.29) is 11.4 Å². The zero-order chi connectivity index (χ0) is 22.8. The van der Waals surface area contributed by atoms with E-state index >= 15 is 0 Å². The number of amides is 4. The highest BCUT2D eigenvalue weighted by Gasteiger charge is 2.30. The Balaban J connectivity index is 1.71. The second-order valence-corrected chi connectivity index (χ2v) is 6.59. The molecule has 3 aromatic rings. The summed E-state index contributed by atoms with van der Waals surface area (Å²) in [5.41, 5.74) is 4.94. The number of aromatic nitrogens is 2. The number of aromatic amines is 1. The monoisotopic (exact) mass is 434 g/mol. The highest BCUT2D eigenvalue weighted by molar-refractivity contribution is 6.07. The molecule has 0 radical (unpaired) electrons. The fraction of sp³-hybridized carbons (Fsp3) is 0.158. The molecule has 1 heterocycles. The minimum Gasteiger partial charge on any atom is -0.368 e. The van der Waals surface area contributed by atoms with Crippen LogP contribution in [0.4, 0.5) is 29.3 Å². The quantitative estimate of drug-likeness (QED) is 0.421. The molecular weight excluding hydrogens is 417 g/mol. The number of anilines is 2. The van der Waals surface area contributed by atoms with E-state index in [4.69, 9.17) is 5.73 Å². The number of halogens is 3. The number of rotatable bonds is 5. The molecule has 0 saturated carbocycles. The fourth-order valence-electron chi connectivity index (χ4n) is 2.67. The summed E-state index contributed by atoms with van der Waals surface area (Å²) in [6, 6.07) is 7.06. The van der Waals surface area contributed by atoms with Gasteiger partial charge in [-0.1, -0.05) is 6.07 Å².